The van der Waals surface area contributed by atoms with E-state index in [1.165, 1.54) is 25.7 Å². The van der Waals surface area contributed by atoms with Gasteiger partial charge >= 0.3 is 0 Å². The van der Waals surface area contributed by atoms with Crippen LogP contribution in [0, 0.1) is 5.92 Å². The molecule has 2 aliphatic heterocycles. The quantitative estimate of drug-likeness (QED) is 0.703. The van der Waals surface area contributed by atoms with Gasteiger partial charge in [-0.05, 0) is 31.6 Å². The Morgan fingerprint density at radius 2 is 1.88 bits per heavy atom. The first-order valence-electron chi connectivity index (χ1n) is 7.10. The Labute approximate surface area is 103 Å². The molecule has 3 fully saturated rings. The molecular weight excluding hydrogens is 216 g/mol. The molecule has 4 nitrogen and oxygen atoms in total. The smallest absolute Gasteiger partial charge is 0.0696 e. The number of rotatable bonds is 1. The Kier molecular flexibility index (Phi) is 3.66. The monoisotopic (exact) mass is 240 g/mol. The number of nitrogens with zero attached hydrogens (tertiary/aromatic N) is 1. The number of hydrogen-bond acceptors (Lipinski definition) is 4. The maximum Gasteiger partial charge on any atom is 0.0696 e. The first kappa shape index (κ1) is 11.9. The summed E-state index contributed by atoms with van der Waals surface area (Å²) in [6, 6.07) is 0.338. The standard InChI is InChI=1S/C13H24N2O2/c16-11-3-1-2-10-4-5-12(14-13(10)11)15-6-8-17-9-7-15/h10-14,16H,1-9H2. The summed E-state index contributed by atoms with van der Waals surface area (Å²) < 4.78 is 5.40. The van der Waals surface area contributed by atoms with Gasteiger partial charge in [-0.3, -0.25) is 10.2 Å². The molecule has 4 heteroatoms. The van der Waals surface area contributed by atoms with Gasteiger partial charge in [-0.1, -0.05) is 6.42 Å². The molecule has 0 aromatic carbocycles. The summed E-state index contributed by atoms with van der Waals surface area (Å²) in [5.74, 6) is 0.705. The highest BCUT2D eigenvalue weighted by atomic mass is 16.5. The van der Waals surface area contributed by atoms with E-state index in [4.69, 9.17) is 4.74 Å². The lowest BCUT2D eigenvalue weighted by Crippen LogP contribution is -2.61. The fourth-order valence-electron chi connectivity index (χ4n) is 3.69. The highest BCUT2D eigenvalue weighted by Gasteiger charge is 2.38. The van der Waals surface area contributed by atoms with Crippen LogP contribution in [0.3, 0.4) is 0 Å². The van der Waals surface area contributed by atoms with Gasteiger partial charge in [0.2, 0.25) is 0 Å². The zero-order valence-electron chi connectivity index (χ0n) is 10.5. The second-order valence-corrected chi connectivity index (χ2v) is 5.69. The highest BCUT2D eigenvalue weighted by molar-refractivity contribution is 4.94. The zero-order chi connectivity index (χ0) is 11.7. The molecule has 0 radical (unpaired) electrons. The number of aliphatic hydroxyl groups is 1. The van der Waals surface area contributed by atoms with Crippen LogP contribution in [0.15, 0.2) is 0 Å². The molecule has 2 N–H and O–H groups in total. The molecule has 1 aliphatic carbocycles. The molecule has 2 heterocycles. The molecule has 4 unspecified atom stereocenters. The van der Waals surface area contributed by atoms with Crippen LogP contribution in [-0.2, 0) is 4.74 Å². The maximum absolute atomic E-state index is 10.1. The van der Waals surface area contributed by atoms with Gasteiger partial charge in [0.05, 0.1) is 25.5 Å². The molecule has 3 rings (SSSR count). The third-order valence-corrected chi connectivity index (χ3v) is 4.68. The van der Waals surface area contributed by atoms with E-state index in [2.05, 4.69) is 10.2 Å². The Hall–Kier alpha value is -0.160. The third kappa shape index (κ3) is 2.50. The van der Waals surface area contributed by atoms with E-state index in [0.717, 1.165) is 32.7 Å². The van der Waals surface area contributed by atoms with Crippen molar-refractivity contribution in [3.8, 4) is 0 Å². The molecule has 0 aromatic rings. The van der Waals surface area contributed by atoms with Crippen molar-refractivity contribution in [2.24, 2.45) is 5.92 Å². The van der Waals surface area contributed by atoms with Gasteiger partial charge in [0, 0.05) is 19.1 Å². The van der Waals surface area contributed by atoms with Gasteiger partial charge in [0.1, 0.15) is 0 Å². The lowest BCUT2D eigenvalue weighted by atomic mass is 9.77. The number of fused-ring (bicyclic) bond motifs is 1. The molecule has 0 aromatic heterocycles. The number of nitrogens with one attached hydrogen (secondary N) is 1. The van der Waals surface area contributed by atoms with Gasteiger partial charge in [-0.2, -0.15) is 0 Å². The molecular formula is C13H24N2O2. The van der Waals surface area contributed by atoms with Crippen LogP contribution in [0.4, 0.5) is 0 Å². The third-order valence-electron chi connectivity index (χ3n) is 4.68. The fraction of sp³-hybridized carbons (Fsp3) is 1.00. The first-order chi connectivity index (χ1) is 8.34. The van der Waals surface area contributed by atoms with E-state index in [0.29, 0.717) is 18.1 Å². The fourth-order valence-corrected chi connectivity index (χ4v) is 3.69. The van der Waals surface area contributed by atoms with Crippen molar-refractivity contribution in [2.45, 2.75) is 50.4 Å². The van der Waals surface area contributed by atoms with Gasteiger partial charge in [0.15, 0.2) is 0 Å². The summed E-state index contributed by atoms with van der Waals surface area (Å²) in [5, 5.41) is 13.8. The Bertz CT molecular complexity index is 256. The lowest BCUT2D eigenvalue weighted by molar-refractivity contribution is -0.0357. The molecule has 0 bridgehead atoms. The number of ether oxygens (including phenoxy) is 1. The second kappa shape index (κ2) is 5.22. The highest BCUT2D eigenvalue weighted by Crippen LogP contribution is 2.33. The summed E-state index contributed by atoms with van der Waals surface area (Å²) in [6.45, 7) is 3.78. The van der Waals surface area contributed by atoms with Crippen molar-refractivity contribution < 1.29 is 9.84 Å². The molecule has 1 saturated carbocycles. The van der Waals surface area contributed by atoms with Gasteiger partial charge in [-0.15, -0.1) is 0 Å². The van der Waals surface area contributed by atoms with Crippen LogP contribution in [0.1, 0.15) is 32.1 Å². The Morgan fingerprint density at radius 3 is 2.71 bits per heavy atom. The molecule has 4 atom stereocenters. The lowest BCUT2D eigenvalue weighted by Gasteiger charge is -2.47. The summed E-state index contributed by atoms with van der Waals surface area (Å²) in [4.78, 5) is 2.49. The number of aliphatic hydroxyl groups excluding tert-OH is 1. The van der Waals surface area contributed by atoms with E-state index < -0.39 is 0 Å². The minimum atomic E-state index is -0.127. The predicted octanol–water partition coefficient (Wildman–Crippen LogP) is 0.558. The van der Waals surface area contributed by atoms with Crippen molar-refractivity contribution >= 4 is 0 Å². The van der Waals surface area contributed by atoms with Gasteiger partial charge in [0.25, 0.3) is 0 Å². The van der Waals surface area contributed by atoms with Crippen molar-refractivity contribution in [3.63, 3.8) is 0 Å². The Morgan fingerprint density at radius 1 is 1.06 bits per heavy atom. The average molecular weight is 240 g/mol. The van der Waals surface area contributed by atoms with Crippen molar-refractivity contribution in [1.29, 1.82) is 0 Å². The molecule has 2 saturated heterocycles. The van der Waals surface area contributed by atoms with E-state index in [9.17, 15) is 5.11 Å². The topological polar surface area (TPSA) is 44.7 Å². The van der Waals surface area contributed by atoms with Crippen molar-refractivity contribution in [1.82, 2.24) is 10.2 Å². The average Bonchev–Trinajstić information content (AvgIpc) is 2.40. The molecule has 0 amide bonds. The summed E-state index contributed by atoms with van der Waals surface area (Å²) in [6.07, 6.45) is 6.32. The van der Waals surface area contributed by atoms with E-state index >= 15 is 0 Å². The van der Waals surface area contributed by atoms with Crippen LogP contribution >= 0.6 is 0 Å². The minimum absolute atomic E-state index is 0.127. The predicted molar refractivity (Wildman–Crippen MR) is 65.7 cm³/mol. The molecule has 17 heavy (non-hydrogen) atoms. The minimum Gasteiger partial charge on any atom is -0.391 e. The van der Waals surface area contributed by atoms with E-state index in [1.807, 2.05) is 0 Å². The van der Waals surface area contributed by atoms with E-state index in [1.54, 1.807) is 0 Å². The number of piperidine rings is 1. The SMILES string of the molecule is OC1CCCC2CCC(N3CCOCC3)NC12. The summed E-state index contributed by atoms with van der Waals surface area (Å²) >= 11 is 0. The Balaban J connectivity index is 1.61. The van der Waals surface area contributed by atoms with Crippen LogP contribution in [0.2, 0.25) is 0 Å². The molecule has 3 aliphatic rings. The number of hydrogen-bond donors (Lipinski definition) is 2. The van der Waals surface area contributed by atoms with Gasteiger partial charge < -0.3 is 9.84 Å². The summed E-state index contributed by atoms with van der Waals surface area (Å²) in [5.41, 5.74) is 0. The van der Waals surface area contributed by atoms with Gasteiger partial charge in [-0.25, -0.2) is 0 Å². The van der Waals surface area contributed by atoms with Crippen molar-refractivity contribution in [3.05, 3.63) is 0 Å². The number of morpholine rings is 1. The summed E-state index contributed by atoms with van der Waals surface area (Å²) in [7, 11) is 0. The normalized spacial score (nSPS) is 44.3. The molecule has 98 valence electrons. The van der Waals surface area contributed by atoms with Crippen molar-refractivity contribution in [2.75, 3.05) is 26.3 Å². The second-order valence-electron chi connectivity index (χ2n) is 5.69. The maximum atomic E-state index is 10.1. The van der Waals surface area contributed by atoms with Crippen LogP contribution in [-0.4, -0.2) is 54.6 Å². The zero-order valence-corrected chi connectivity index (χ0v) is 10.5. The van der Waals surface area contributed by atoms with E-state index in [-0.39, 0.29) is 6.10 Å². The van der Waals surface area contributed by atoms with Crippen LogP contribution in [0.25, 0.3) is 0 Å². The molecule has 0 spiro atoms. The first-order valence-corrected chi connectivity index (χ1v) is 7.10. The largest absolute Gasteiger partial charge is 0.391 e. The van der Waals surface area contributed by atoms with Crippen LogP contribution < -0.4 is 5.32 Å². The van der Waals surface area contributed by atoms with Crippen LogP contribution in [0.5, 0.6) is 0 Å².